The molecule has 0 aliphatic rings. The van der Waals surface area contributed by atoms with Gasteiger partial charge in [0.1, 0.15) is 0 Å². The van der Waals surface area contributed by atoms with Gasteiger partial charge in [-0.15, -0.1) is 0 Å². The van der Waals surface area contributed by atoms with E-state index in [1.54, 1.807) is 25.1 Å². The Balaban J connectivity index is 2.69. The summed E-state index contributed by atoms with van der Waals surface area (Å²) in [5, 5.41) is 22.5. The van der Waals surface area contributed by atoms with E-state index in [1.165, 1.54) is 0 Å². The molecule has 0 spiro atoms. The molecule has 0 saturated heterocycles. The van der Waals surface area contributed by atoms with E-state index >= 15 is 0 Å². The topological polar surface area (TPSA) is 83.6 Å². The number of rotatable bonds is 2. The van der Waals surface area contributed by atoms with Crippen molar-refractivity contribution >= 4 is 16.9 Å². The van der Waals surface area contributed by atoms with Gasteiger partial charge in [0.05, 0.1) is 11.1 Å². The maximum atomic E-state index is 10.7. The van der Waals surface area contributed by atoms with Gasteiger partial charge < -0.3 is 14.7 Å². The zero-order valence-corrected chi connectivity index (χ0v) is 7.97. The normalized spacial score (nSPS) is 12.9. The second-order valence-corrected chi connectivity index (χ2v) is 3.23. The number of carboxylic acid groups (broad SMARTS) is 1. The maximum Gasteiger partial charge on any atom is 0.337 e. The van der Waals surface area contributed by atoms with E-state index in [1.807, 2.05) is 0 Å². The van der Waals surface area contributed by atoms with Gasteiger partial charge in [-0.25, -0.2) is 4.79 Å². The van der Waals surface area contributed by atoms with E-state index in [0.717, 1.165) is 0 Å². The zero-order chi connectivity index (χ0) is 11.0. The first kappa shape index (κ1) is 9.67. The minimum atomic E-state index is -1.55. The molecule has 1 aromatic carbocycles. The van der Waals surface area contributed by atoms with Crippen molar-refractivity contribution in [3.63, 3.8) is 0 Å². The number of aromatic nitrogens is 1. The number of hydrogen-bond acceptors (Lipinski definition) is 4. The first-order valence-electron chi connectivity index (χ1n) is 4.37. The predicted octanol–water partition coefficient (Wildman–Crippen LogP) is 1.25. The van der Waals surface area contributed by atoms with Gasteiger partial charge in [-0.1, -0.05) is 17.3 Å². The lowest BCUT2D eigenvalue weighted by atomic mass is 10.0. The number of fused-ring (bicyclic) bond motifs is 1. The van der Waals surface area contributed by atoms with Crippen LogP contribution in [0.2, 0.25) is 0 Å². The van der Waals surface area contributed by atoms with Crippen molar-refractivity contribution < 1.29 is 19.5 Å². The van der Waals surface area contributed by atoms with Gasteiger partial charge in [-0.3, -0.25) is 0 Å². The number of aliphatic hydroxyl groups excluding tert-OH is 1. The van der Waals surface area contributed by atoms with Crippen LogP contribution in [0.3, 0.4) is 0 Å². The van der Waals surface area contributed by atoms with Gasteiger partial charge in [0.15, 0.2) is 11.7 Å². The Bertz CT molecular complexity index is 517. The van der Waals surface area contributed by atoms with Crippen LogP contribution in [0.5, 0.6) is 0 Å². The highest BCUT2D eigenvalue weighted by atomic mass is 16.5. The van der Waals surface area contributed by atoms with E-state index in [-0.39, 0.29) is 0 Å². The number of carbonyl (C=O) groups is 1. The minimum absolute atomic E-state index is 0.304. The van der Waals surface area contributed by atoms with Crippen LogP contribution in [0, 0.1) is 6.92 Å². The highest BCUT2D eigenvalue weighted by Gasteiger charge is 2.21. The van der Waals surface area contributed by atoms with Crippen molar-refractivity contribution in [2.45, 2.75) is 13.0 Å². The first-order valence-corrected chi connectivity index (χ1v) is 4.37. The number of aryl methyl sites for hydroxylation is 1. The Morgan fingerprint density at radius 2 is 2.27 bits per heavy atom. The minimum Gasteiger partial charge on any atom is -0.479 e. The molecular formula is C10H9NO4. The zero-order valence-electron chi connectivity index (χ0n) is 7.97. The van der Waals surface area contributed by atoms with Gasteiger partial charge in [0, 0.05) is 5.56 Å². The molecule has 1 aromatic heterocycles. The molecule has 1 unspecified atom stereocenters. The molecule has 2 aromatic rings. The molecule has 0 radical (unpaired) electrons. The fraction of sp³-hybridized carbons (Fsp3) is 0.200. The van der Waals surface area contributed by atoms with Crippen LogP contribution < -0.4 is 0 Å². The van der Waals surface area contributed by atoms with E-state index in [4.69, 9.17) is 9.63 Å². The molecule has 0 aliphatic heterocycles. The van der Waals surface area contributed by atoms with Gasteiger partial charge in [-0.2, -0.15) is 0 Å². The summed E-state index contributed by atoms with van der Waals surface area (Å²) in [7, 11) is 0. The van der Waals surface area contributed by atoms with Gasteiger partial charge in [0.25, 0.3) is 0 Å². The largest absolute Gasteiger partial charge is 0.479 e. The average molecular weight is 207 g/mol. The van der Waals surface area contributed by atoms with Crippen LogP contribution in [0.15, 0.2) is 22.7 Å². The van der Waals surface area contributed by atoms with Crippen molar-refractivity contribution in [3.8, 4) is 0 Å². The smallest absolute Gasteiger partial charge is 0.337 e. The van der Waals surface area contributed by atoms with Crippen molar-refractivity contribution in [3.05, 3.63) is 29.5 Å². The average Bonchev–Trinajstić information content (AvgIpc) is 2.59. The second-order valence-electron chi connectivity index (χ2n) is 3.23. The molecule has 1 heterocycles. The highest BCUT2D eigenvalue weighted by Crippen LogP contribution is 2.26. The van der Waals surface area contributed by atoms with Gasteiger partial charge >= 0.3 is 5.97 Å². The molecule has 2 rings (SSSR count). The third-order valence-corrected chi connectivity index (χ3v) is 2.23. The summed E-state index contributed by atoms with van der Waals surface area (Å²) >= 11 is 0. The maximum absolute atomic E-state index is 10.7. The van der Waals surface area contributed by atoms with E-state index < -0.39 is 12.1 Å². The standard InChI is InChI=1S/C10H9NO4/c1-5-8-6(9(12)10(13)14)3-2-4-7(8)15-11-5/h2-4,9,12H,1H3,(H,13,14). The quantitative estimate of drug-likeness (QED) is 0.774. The fourth-order valence-electron chi connectivity index (χ4n) is 1.54. The summed E-state index contributed by atoms with van der Waals surface area (Å²) in [6.07, 6.45) is -1.55. The summed E-state index contributed by atoms with van der Waals surface area (Å²) in [5.41, 5.74) is 1.35. The van der Waals surface area contributed by atoms with Crippen LogP contribution in [-0.2, 0) is 4.79 Å². The van der Waals surface area contributed by atoms with Crippen LogP contribution in [0.25, 0.3) is 11.0 Å². The Morgan fingerprint density at radius 1 is 1.53 bits per heavy atom. The number of benzene rings is 1. The van der Waals surface area contributed by atoms with Gasteiger partial charge in [-0.05, 0) is 13.0 Å². The third-order valence-electron chi connectivity index (χ3n) is 2.23. The summed E-state index contributed by atoms with van der Waals surface area (Å²) in [4.78, 5) is 10.7. The summed E-state index contributed by atoms with van der Waals surface area (Å²) < 4.78 is 4.97. The fourth-order valence-corrected chi connectivity index (χ4v) is 1.54. The van der Waals surface area contributed by atoms with Crippen molar-refractivity contribution in [2.75, 3.05) is 0 Å². The number of aliphatic hydroxyl groups is 1. The number of hydrogen-bond donors (Lipinski definition) is 2. The molecule has 15 heavy (non-hydrogen) atoms. The highest BCUT2D eigenvalue weighted by molar-refractivity contribution is 5.88. The van der Waals surface area contributed by atoms with Crippen molar-refractivity contribution in [1.29, 1.82) is 0 Å². The number of carboxylic acids is 1. The molecule has 0 aliphatic carbocycles. The molecule has 5 heteroatoms. The molecular weight excluding hydrogens is 198 g/mol. The molecule has 0 bridgehead atoms. The molecule has 0 fully saturated rings. The third kappa shape index (κ3) is 1.46. The Hall–Kier alpha value is -1.88. The van der Waals surface area contributed by atoms with Crippen LogP contribution in [0.1, 0.15) is 17.4 Å². The number of aliphatic carboxylic acids is 1. The summed E-state index contributed by atoms with van der Waals surface area (Å²) in [6, 6.07) is 4.84. The van der Waals surface area contributed by atoms with Crippen molar-refractivity contribution in [2.24, 2.45) is 0 Å². The molecule has 0 amide bonds. The molecule has 5 nitrogen and oxygen atoms in total. The lowest BCUT2D eigenvalue weighted by Gasteiger charge is -2.06. The first-order chi connectivity index (χ1) is 7.11. The van der Waals surface area contributed by atoms with Crippen LogP contribution >= 0.6 is 0 Å². The second kappa shape index (κ2) is 3.36. The van der Waals surface area contributed by atoms with Gasteiger partial charge in [0.2, 0.25) is 0 Å². The Morgan fingerprint density at radius 3 is 2.93 bits per heavy atom. The SMILES string of the molecule is Cc1noc2cccc(C(O)C(=O)O)c12. The Labute approximate surface area is 84.9 Å². The van der Waals surface area contributed by atoms with E-state index in [9.17, 15) is 9.90 Å². The summed E-state index contributed by atoms with van der Waals surface area (Å²) in [6.45, 7) is 1.70. The van der Waals surface area contributed by atoms with E-state index in [0.29, 0.717) is 22.2 Å². The van der Waals surface area contributed by atoms with Crippen LogP contribution in [0.4, 0.5) is 0 Å². The number of nitrogens with zero attached hydrogens (tertiary/aromatic N) is 1. The molecule has 0 saturated carbocycles. The van der Waals surface area contributed by atoms with E-state index in [2.05, 4.69) is 5.16 Å². The van der Waals surface area contributed by atoms with Crippen LogP contribution in [-0.4, -0.2) is 21.3 Å². The Kier molecular flexibility index (Phi) is 2.17. The molecule has 1 atom stereocenters. The lowest BCUT2D eigenvalue weighted by molar-refractivity contribution is -0.146. The van der Waals surface area contributed by atoms with Crippen molar-refractivity contribution in [1.82, 2.24) is 5.16 Å². The monoisotopic (exact) mass is 207 g/mol. The predicted molar refractivity (Wildman–Crippen MR) is 51.3 cm³/mol. The molecule has 78 valence electrons. The summed E-state index contributed by atoms with van der Waals surface area (Å²) in [5.74, 6) is -1.29. The lowest BCUT2D eigenvalue weighted by Crippen LogP contribution is -2.10. The molecule has 2 N–H and O–H groups in total.